The van der Waals surface area contributed by atoms with E-state index in [1.54, 1.807) is 0 Å². The van der Waals surface area contributed by atoms with E-state index < -0.39 is 0 Å². The molecule has 0 radical (unpaired) electrons. The fraction of sp³-hybridized carbons (Fsp3) is 0.562. The van der Waals surface area contributed by atoms with E-state index in [0.717, 1.165) is 24.4 Å². The van der Waals surface area contributed by atoms with Gasteiger partial charge in [-0.25, -0.2) is 4.79 Å². The largest absolute Gasteiger partial charge is 0.445 e. The lowest BCUT2D eigenvalue weighted by Gasteiger charge is -2.09. The van der Waals surface area contributed by atoms with Crippen LogP contribution in [0.15, 0.2) is 30.3 Å². The standard InChI is InChI=1S/C16H23NO2/c18-16(19-13-15-9-2-1-3-10-15)17-12-6-11-14-7-4-5-8-14/h1-3,9-10,14H,4-8,11-13H2,(H,17,18). The van der Waals surface area contributed by atoms with Crippen molar-refractivity contribution in [1.29, 1.82) is 0 Å². The highest BCUT2D eigenvalue weighted by Gasteiger charge is 2.14. The first-order valence-corrected chi connectivity index (χ1v) is 7.29. The quantitative estimate of drug-likeness (QED) is 0.789. The van der Waals surface area contributed by atoms with Gasteiger partial charge in [-0.15, -0.1) is 0 Å². The number of amides is 1. The molecule has 1 N–H and O–H groups in total. The number of nitrogens with one attached hydrogen (secondary N) is 1. The Morgan fingerprint density at radius 2 is 1.95 bits per heavy atom. The fourth-order valence-corrected chi connectivity index (χ4v) is 2.65. The molecule has 19 heavy (non-hydrogen) atoms. The molecule has 3 nitrogen and oxygen atoms in total. The van der Waals surface area contributed by atoms with Crippen LogP contribution in [0.25, 0.3) is 0 Å². The van der Waals surface area contributed by atoms with Crippen molar-refractivity contribution < 1.29 is 9.53 Å². The number of carbonyl (C=O) groups is 1. The third-order valence-corrected chi connectivity index (χ3v) is 3.75. The van der Waals surface area contributed by atoms with Gasteiger partial charge in [-0.1, -0.05) is 56.0 Å². The van der Waals surface area contributed by atoms with Crippen molar-refractivity contribution in [2.45, 2.75) is 45.1 Å². The Morgan fingerprint density at radius 1 is 1.21 bits per heavy atom. The number of carbonyl (C=O) groups excluding carboxylic acids is 1. The zero-order valence-corrected chi connectivity index (χ0v) is 11.4. The van der Waals surface area contributed by atoms with E-state index in [1.165, 1.54) is 32.1 Å². The van der Waals surface area contributed by atoms with Gasteiger partial charge < -0.3 is 10.1 Å². The number of rotatable bonds is 6. The Hall–Kier alpha value is -1.51. The summed E-state index contributed by atoms with van der Waals surface area (Å²) in [6.07, 6.45) is 7.50. The second kappa shape index (κ2) is 7.82. The van der Waals surface area contributed by atoms with E-state index >= 15 is 0 Å². The maximum Gasteiger partial charge on any atom is 0.407 e. The van der Waals surface area contributed by atoms with Crippen LogP contribution in [0.4, 0.5) is 4.79 Å². The smallest absolute Gasteiger partial charge is 0.407 e. The van der Waals surface area contributed by atoms with Gasteiger partial charge in [0.05, 0.1) is 0 Å². The highest BCUT2D eigenvalue weighted by Crippen LogP contribution is 2.28. The Bertz CT molecular complexity index is 372. The molecule has 1 fully saturated rings. The van der Waals surface area contributed by atoms with Crippen molar-refractivity contribution in [2.24, 2.45) is 5.92 Å². The molecule has 1 saturated carbocycles. The molecule has 1 aromatic rings. The average Bonchev–Trinajstić information content (AvgIpc) is 2.96. The second-order valence-electron chi connectivity index (χ2n) is 5.28. The second-order valence-corrected chi connectivity index (χ2v) is 5.28. The van der Waals surface area contributed by atoms with Crippen LogP contribution in [0.2, 0.25) is 0 Å². The molecule has 0 aliphatic heterocycles. The molecule has 0 unspecified atom stereocenters. The lowest BCUT2D eigenvalue weighted by Crippen LogP contribution is -2.25. The van der Waals surface area contributed by atoms with Gasteiger partial charge in [0, 0.05) is 6.54 Å². The average molecular weight is 261 g/mol. The summed E-state index contributed by atoms with van der Waals surface area (Å²) >= 11 is 0. The Morgan fingerprint density at radius 3 is 2.68 bits per heavy atom. The van der Waals surface area contributed by atoms with Crippen LogP contribution in [0, 0.1) is 5.92 Å². The normalized spacial score (nSPS) is 15.4. The van der Waals surface area contributed by atoms with E-state index in [0.29, 0.717) is 6.61 Å². The van der Waals surface area contributed by atoms with E-state index in [-0.39, 0.29) is 6.09 Å². The van der Waals surface area contributed by atoms with Gasteiger partial charge in [0.2, 0.25) is 0 Å². The maximum absolute atomic E-state index is 11.5. The highest BCUT2D eigenvalue weighted by atomic mass is 16.5. The van der Waals surface area contributed by atoms with Crippen LogP contribution in [-0.2, 0) is 11.3 Å². The van der Waals surface area contributed by atoms with Crippen molar-refractivity contribution in [3.63, 3.8) is 0 Å². The molecule has 0 heterocycles. The number of hydrogen-bond acceptors (Lipinski definition) is 2. The first-order valence-electron chi connectivity index (χ1n) is 7.29. The van der Waals surface area contributed by atoms with Crippen LogP contribution in [-0.4, -0.2) is 12.6 Å². The topological polar surface area (TPSA) is 38.3 Å². The minimum atomic E-state index is -0.310. The summed E-state index contributed by atoms with van der Waals surface area (Å²) < 4.78 is 5.15. The van der Waals surface area contributed by atoms with Gasteiger partial charge in [-0.2, -0.15) is 0 Å². The van der Waals surface area contributed by atoms with Crippen LogP contribution in [0.3, 0.4) is 0 Å². The minimum Gasteiger partial charge on any atom is -0.445 e. The molecule has 3 heteroatoms. The highest BCUT2D eigenvalue weighted by molar-refractivity contribution is 5.67. The van der Waals surface area contributed by atoms with Crippen LogP contribution < -0.4 is 5.32 Å². The molecular formula is C16H23NO2. The molecular weight excluding hydrogens is 238 g/mol. The predicted molar refractivity (Wildman–Crippen MR) is 75.8 cm³/mol. The summed E-state index contributed by atoms with van der Waals surface area (Å²) in [5, 5.41) is 2.82. The summed E-state index contributed by atoms with van der Waals surface area (Å²) in [7, 11) is 0. The number of benzene rings is 1. The number of ether oxygens (including phenoxy) is 1. The van der Waals surface area contributed by atoms with Gasteiger partial charge in [-0.3, -0.25) is 0 Å². The maximum atomic E-state index is 11.5. The Labute approximate surface area is 115 Å². The first-order chi connectivity index (χ1) is 9.34. The Balaban J connectivity index is 1.52. The van der Waals surface area contributed by atoms with E-state index in [4.69, 9.17) is 4.74 Å². The molecule has 2 rings (SSSR count). The van der Waals surface area contributed by atoms with Crippen molar-refractivity contribution in [2.75, 3.05) is 6.54 Å². The third kappa shape index (κ3) is 5.33. The minimum absolute atomic E-state index is 0.310. The summed E-state index contributed by atoms with van der Waals surface area (Å²) in [5.74, 6) is 0.891. The number of alkyl carbamates (subject to hydrolysis) is 1. The molecule has 1 aliphatic rings. The van der Waals surface area contributed by atoms with Gasteiger partial charge in [0.1, 0.15) is 6.61 Å². The summed E-state index contributed by atoms with van der Waals surface area (Å²) in [6, 6.07) is 9.74. The lowest BCUT2D eigenvalue weighted by molar-refractivity contribution is 0.139. The Kier molecular flexibility index (Phi) is 5.73. The van der Waals surface area contributed by atoms with Crippen LogP contribution in [0.1, 0.15) is 44.1 Å². The molecule has 1 amide bonds. The van der Waals surface area contributed by atoms with E-state index in [2.05, 4.69) is 5.32 Å². The molecule has 0 saturated heterocycles. The fourth-order valence-electron chi connectivity index (χ4n) is 2.65. The molecule has 0 aromatic heterocycles. The molecule has 1 aromatic carbocycles. The zero-order valence-electron chi connectivity index (χ0n) is 11.4. The van der Waals surface area contributed by atoms with Crippen molar-refractivity contribution >= 4 is 6.09 Å². The van der Waals surface area contributed by atoms with Gasteiger partial charge in [-0.05, 0) is 24.3 Å². The first kappa shape index (κ1) is 13.9. The van der Waals surface area contributed by atoms with Gasteiger partial charge in [0.25, 0.3) is 0 Å². The van der Waals surface area contributed by atoms with E-state index in [1.807, 2.05) is 30.3 Å². The van der Waals surface area contributed by atoms with Gasteiger partial charge in [0.15, 0.2) is 0 Å². The van der Waals surface area contributed by atoms with Crippen molar-refractivity contribution in [3.05, 3.63) is 35.9 Å². The van der Waals surface area contributed by atoms with Crippen LogP contribution in [0.5, 0.6) is 0 Å². The van der Waals surface area contributed by atoms with Crippen LogP contribution >= 0.6 is 0 Å². The molecule has 1 aliphatic carbocycles. The third-order valence-electron chi connectivity index (χ3n) is 3.75. The number of hydrogen-bond donors (Lipinski definition) is 1. The van der Waals surface area contributed by atoms with Crippen molar-refractivity contribution in [3.8, 4) is 0 Å². The summed E-state index contributed by atoms with van der Waals surface area (Å²) in [4.78, 5) is 11.5. The van der Waals surface area contributed by atoms with Crippen molar-refractivity contribution in [1.82, 2.24) is 5.32 Å². The molecule has 104 valence electrons. The zero-order chi connectivity index (χ0) is 13.3. The van der Waals surface area contributed by atoms with Gasteiger partial charge >= 0.3 is 6.09 Å². The molecule has 0 spiro atoms. The predicted octanol–water partition coefficient (Wildman–Crippen LogP) is 3.88. The molecule has 0 bridgehead atoms. The summed E-state index contributed by atoms with van der Waals surface area (Å²) in [5.41, 5.74) is 1.02. The lowest BCUT2D eigenvalue weighted by atomic mass is 10.0. The summed E-state index contributed by atoms with van der Waals surface area (Å²) in [6.45, 7) is 1.07. The SMILES string of the molecule is O=C(NCCCC1CCCC1)OCc1ccccc1. The monoisotopic (exact) mass is 261 g/mol. The van der Waals surface area contributed by atoms with E-state index in [9.17, 15) is 4.79 Å². The molecule has 0 atom stereocenters.